The second kappa shape index (κ2) is 3.11. The Morgan fingerprint density at radius 2 is 2.07 bits per heavy atom. The predicted molar refractivity (Wildman–Crippen MR) is 59.1 cm³/mol. The summed E-state index contributed by atoms with van der Waals surface area (Å²) in [5.74, 6) is 0.183. The van der Waals surface area contributed by atoms with Crippen LogP contribution in [-0.4, -0.2) is 22.8 Å². The Kier molecular flexibility index (Phi) is 2.16. The number of amides is 1. The Morgan fingerprint density at radius 3 is 2.64 bits per heavy atom. The van der Waals surface area contributed by atoms with E-state index in [1.807, 2.05) is 38.2 Å². The number of hydrogen-bond donors (Lipinski definition) is 1. The van der Waals surface area contributed by atoms with Gasteiger partial charge in [0.25, 0.3) is 0 Å². The molecular weight excluding hydrogens is 194 g/mol. The van der Waals surface area contributed by atoms with E-state index in [1.54, 1.807) is 0 Å². The van der Waals surface area contributed by atoms with E-state index in [9.17, 15) is 4.79 Å². The summed E-state index contributed by atoms with van der Waals surface area (Å²) < 4.78 is 0.377. The third-order valence-electron chi connectivity index (χ3n) is 3.04. The summed E-state index contributed by atoms with van der Waals surface area (Å²) in [5.41, 5.74) is 2.00. The molecule has 2 atom stereocenters. The molecule has 2 unspecified atom stereocenters. The molecule has 0 saturated heterocycles. The number of rotatable bonds is 1. The van der Waals surface area contributed by atoms with Gasteiger partial charge in [0.05, 0.1) is 12.6 Å². The molecule has 2 nitrogen and oxygen atoms in total. The fourth-order valence-electron chi connectivity index (χ4n) is 1.87. The normalized spacial score (nSPS) is 27.5. The highest BCUT2D eigenvalue weighted by molar-refractivity contribution is 7.80. The quantitative estimate of drug-likeness (QED) is 0.552. The lowest BCUT2D eigenvalue weighted by molar-refractivity contribution is -0.846. The van der Waals surface area contributed by atoms with Gasteiger partial charge in [0.1, 0.15) is 11.9 Å². The van der Waals surface area contributed by atoms with E-state index >= 15 is 0 Å². The van der Waals surface area contributed by atoms with Gasteiger partial charge in [-0.05, 0) is 13.0 Å². The first-order valence-corrected chi connectivity index (χ1v) is 5.23. The van der Waals surface area contributed by atoms with Gasteiger partial charge in [-0.15, -0.1) is 12.6 Å². The molecule has 0 aliphatic carbocycles. The van der Waals surface area contributed by atoms with Gasteiger partial charge in [-0.2, -0.15) is 0 Å². The van der Waals surface area contributed by atoms with E-state index in [-0.39, 0.29) is 11.3 Å². The highest BCUT2D eigenvalue weighted by atomic mass is 32.1. The van der Waals surface area contributed by atoms with Crippen molar-refractivity contribution in [3.8, 4) is 0 Å². The Bertz CT molecular complexity index is 389. The number of carbonyl (C=O) groups excluding carboxylic acids is 1. The minimum absolute atomic E-state index is 0.0369. The predicted octanol–water partition coefficient (Wildman–Crippen LogP) is 2.06. The molecule has 1 amide bonds. The molecule has 0 aromatic heterocycles. The summed E-state index contributed by atoms with van der Waals surface area (Å²) in [7, 11) is 1.94. The Balaban J connectivity index is 2.49. The highest BCUT2D eigenvalue weighted by Crippen LogP contribution is 2.31. The zero-order chi connectivity index (χ0) is 10.3. The van der Waals surface area contributed by atoms with Gasteiger partial charge in [-0.1, -0.05) is 18.2 Å². The van der Waals surface area contributed by atoms with Gasteiger partial charge >= 0.3 is 5.91 Å². The summed E-state index contributed by atoms with van der Waals surface area (Å²) in [6, 6.07) is 7.81. The average Bonchev–Trinajstić information content (AvgIpc) is 2.42. The molecular formula is C11H14NOS+. The van der Waals surface area contributed by atoms with Crippen LogP contribution in [0.2, 0.25) is 0 Å². The highest BCUT2D eigenvalue weighted by Gasteiger charge is 2.44. The number of quaternary nitrogens is 1. The van der Waals surface area contributed by atoms with Crippen LogP contribution in [0.4, 0.5) is 0 Å². The summed E-state index contributed by atoms with van der Waals surface area (Å²) in [4.78, 5) is 12.1. The van der Waals surface area contributed by atoms with Crippen molar-refractivity contribution in [1.29, 1.82) is 0 Å². The van der Waals surface area contributed by atoms with Crippen LogP contribution >= 0.6 is 12.6 Å². The Labute approximate surface area is 89.5 Å². The van der Waals surface area contributed by atoms with E-state index in [1.165, 1.54) is 0 Å². The van der Waals surface area contributed by atoms with E-state index < -0.39 is 0 Å². The average molecular weight is 208 g/mol. The van der Waals surface area contributed by atoms with E-state index in [0.29, 0.717) is 4.48 Å². The van der Waals surface area contributed by atoms with Crippen LogP contribution in [0.5, 0.6) is 0 Å². The molecule has 1 aliphatic heterocycles. The third-order valence-corrected chi connectivity index (χ3v) is 3.54. The maximum Gasteiger partial charge on any atom is 0.347 e. The largest absolute Gasteiger partial charge is 0.347 e. The van der Waals surface area contributed by atoms with Crippen molar-refractivity contribution in [2.24, 2.45) is 0 Å². The number of thiol groups is 1. The summed E-state index contributed by atoms with van der Waals surface area (Å²) in [6.07, 6.45) is 0. The van der Waals surface area contributed by atoms with Crippen LogP contribution < -0.4 is 0 Å². The molecule has 74 valence electrons. The van der Waals surface area contributed by atoms with Gasteiger partial charge in [0.2, 0.25) is 0 Å². The molecule has 2 rings (SSSR count). The van der Waals surface area contributed by atoms with Crippen LogP contribution in [0, 0.1) is 0 Å². The van der Waals surface area contributed by atoms with Crippen molar-refractivity contribution in [2.75, 3.05) is 7.05 Å². The zero-order valence-corrected chi connectivity index (χ0v) is 9.29. The fraction of sp³-hybridized carbons (Fsp3) is 0.364. The minimum Gasteiger partial charge on any atom is -0.244 e. The number of carbonyl (C=O) groups is 1. The van der Waals surface area contributed by atoms with E-state index in [0.717, 1.165) is 17.7 Å². The molecule has 1 aromatic carbocycles. The maximum atomic E-state index is 12.1. The molecule has 0 radical (unpaired) electrons. The van der Waals surface area contributed by atoms with Crippen molar-refractivity contribution in [2.45, 2.75) is 18.8 Å². The molecule has 1 aliphatic rings. The standard InChI is InChI=1S/C11H13NOS/c1-8(14)12(2)7-9-5-3-4-6-10(9)11(12)13/h3-6,8H,7H2,1-2H3/p+1. The first-order chi connectivity index (χ1) is 6.55. The fourth-order valence-corrected chi connectivity index (χ4v) is 2.06. The van der Waals surface area contributed by atoms with Crippen molar-refractivity contribution >= 4 is 18.5 Å². The van der Waals surface area contributed by atoms with Crippen LogP contribution in [-0.2, 0) is 6.54 Å². The number of hydrogen-bond acceptors (Lipinski definition) is 2. The lowest BCUT2D eigenvalue weighted by Crippen LogP contribution is -2.48. The smallest absolute Gasteiger partial charge is 0.244 e. The van der Waals surface area contributed by atoms with Crippen molar-refractivity contribution < 1.29 is 9.28 Å². The van der Waals surface area contributed by atoms with Crippen molar-refractivity contribution in [1.82, 2.24) is 0 Å². The van der Waals surface area contributed by atoms with Gasteiger partial charge in [-0.25, -0.2) is 9.28 Å². The lowest BCUT2D eigenvalue weighted by Gasteiger charge is -2.29. The Hall–Kier alpha value is -0.800. The van der Waals surface area contributed by atoms with Crippen LogP contribution in [0.3, 0.4) is 0 Å². The number of benzene rings is 1. The first kappa shape index (κ1) is 9.74. The second-order valence-electron chi connectivity index (χ2n) is 4.02. The van der Waals surface area contributed by atoms with Gasteiger partial charge in [0, 0.05) is 5.56 Å². The molecule has 3 heteroatoms. The summed E-state index contributed by atoms with van der Waals surface area (Å²) in [5, 5.41) is 0.0369. The number of nitrogens with zero attached hydrogens (tertiary/aromatic N) is 1. The molecule has 1 heterocycles. The maximum absolute atomic E-state index is 12.1. The van der Waals surface area contributed by atoms with Gasteiger partial charge in [-0.3, -0.25) is 0 Å². The monoisotopic (exact) mass is 208 g/mol. The molecule has 0 saturated carbocycles. The lowest BCUT2D eigenvalue weighted by atomic mass is 10.1. The van der Waals surface area contributed by atoms with Crippen molar-refractivity contribution in [3.05, 3.63) is 35.4 Å². The van der Waals surface area contributed by atoms with Crippen LogP contribution in [0.1, 0.15) is 22.8 Å². The minimum atomic E-state index is 0.0369. The van der Waals surface area contributed by atoms with Crippen LogP contribution in [0.15, 0.2) is 24.3 Å². The second-order valence-corrected chi connectivity index (χ2v) is 4.77. The first-order valence-electron chi connectivity index (χ1n) is 4.72. The SMILES string of the molecule is CC(S)[N+]1(C)Cc2ccccc2C1=O. The summed E-state index contributed by atoms with van der Waals surface area (Å²) in [6.45, 7) is 2.73. The van der Waals surface area contributed by atoms with E-state index in [2.05, 4.69) is 12.6 Å². The topological polar surface area (TPSA) is 17.1 Å². The molecule has 0 bridgehead atoms. The number of fused-ring (bicyclic) bond motifs is 1. The van der Waals surface area contributed by atoms with Crippen molar-refractivity contribution in [3.63, 3.8) is 0 Å². The summed E-state index contributed by atoms with van der Waals surface area (Å²) >= 11 is 4.39. The van der Waals surface area contributed by atoms with Gasteiger partial charge in [0.15, 0.2) is 0 Å². The van der Waals surface area contributed by atoms with E-state index in [4.69, 9.17) is 0 Å². The molecule has 1 aromatic rings. The molecule has 0 spiro atoms. The zero-order valence-electron chi connectivity index (χ0n) is 8.40. The third kappa shape index (κ3) is 1.20. The molecule has 0 fully saturated rings. The van der Waals surface area contributed by atoms with Crippen LogP contribution in [0.25, 0.3) is 0 Å². The molecule has 14 heavy (non-hydrogen) atoms. The van der Waals surface area contributed by atoms with Gasteiger partial charge < -0.3 is 0 Å². The Morgan fingerprint density at radius 1 is 1.43 bits per heavy atom. The molecule has 0 N–H and O–H groups in total.